The van der Waals surface area contributed by atoms with Gasteiger partial charge in [-0.25, -0.2) is 0 Å². The summed E-state index contributed by atoms with van der Waals surface area (Å²) in [4.78, 5) is 34.4. The molecule has 1 aliphatic heterocycles. The number of ether oxygens (including phenoxy) is 1. The molecule has 6 heteroatoms. The molecule has 0 fully saturated rings. The van der Waals surface area contributed by atoms with Crippen molar-refractivity contribution in [2.45, 2.75) is 47.1 Å². The molecule has 6 nitrogen and oxygen atoms in total. The Kier molecular flexibility index (Phi) is 7.80. The van der Waals surface area contributed by atoms with E-state index in [0.29, 0.717) is 31.0 Å². The molecule has 0 radical (unpaired) electrons. The van der Waals surface area contributed by atoms with Gasteiger partial charge in [-0.05, 0) is 69.9 Å². The molecule has 0 saturated carbocycles. The van der Waals surface area contributed by atoms with E-state index in [4.69, 9.17) is 4.74 Å². The van der Waals surface area contributed by atoms with Crippen LogP contribution < -0.4 is 0 Å². The molecule has 2 aromatic rings. The average molecular weight is 436 g/mol. The Morgan fingerprint density at radius 2 is 1.78 bits per heavy atom. The first kappa shape index (κ1) is 23.7. The number of pyridine rings is 1. The fourth-order valence-electron chi connectivity index (χ4n) is 4.02. The van der Waals surface area contributed by atoms with Crippen molar-refractivity contribution in [1.82, 2.24) is 14.8 Å². The van der Waals surface area contributed by atoms with E-state index in [-0.39, 0.29) is 24.5 Å². The number of aryl methyl sites for hydroxylation is 2. The minimum absolute atomic E-state index is 0.0431. The number of aromatic nitrogens is 1. The lowest BCUT2D eigenvalue weighted by Gasteiger charge is -2.25. The van der Waals surface area contributed by atoms with Crippen LogP contribution in [0.15, 0.2) is 48.4 Å². The van der Waals surface area contributed by atoms with Crippen LogP contribution in [-0.2, 0) is 20.7 Å². The minimum atomic E-state index is -0.244. The van der Waals surface area contributed by atoms with Gasteiger partial charge in [-0.15, -0.1) is 0 Å². The monoisotopic (exact) mass is 435 g/mol. The predicted molar refractivity (Wildman–Crippen MR) is 126 cm³/mol. The molecule has 32 heavy (non-hydrogen) atoms. The molecule has 0 saturated heterocycles. The smallest absolute Gasteiger partial charge is 0.277 e. The Bertz CT molecular complexity index is 999. The molecule has 0 unspecified atom stereocenters. The molecule has 170 valence electrons. The van der Waals surface area contributed by atoms with Crippen molar-refractivity contribution in [3.63, 3.8) is 0 Å². The zero-order chi connectivity index (χ0) is 23.3. The SMILES string of the molecule is CCN(CCc1ccncc1)C1=C(c2ccc(C)cc2C)C(=O)N(CCOC(C)C)C1=O. The first-order valence-electron chi connectivity index (χ1n) is 11.3. The van der Waals surface area contributed by atoms with E-state index in [9.17, 15) is 9.59 Å². The van der Waals surface area contributed by atoms with Crippen molar-refractivity contribution < 1.29 is 14.3 Å². The lowest BCUT2D eigenvalue weighted by atomic mass is 9.97. The third-order valence-corrected chi connectivity index (χ3v) is 5.68. The van der Waals surface area contributed by atoms with Crippen molar-refractivity contribution in [2.24, 2.45) is 0 Å². The predicted octanol–water partition coefficient (Wildman–Crippen LogP) is 3.77. The number of carbonyl (C=O) groups is 2. The largest absolute Gasteiger partial charge is 0.377 e. The van der Waals surface area contributed by atoms with Crippen LogP contribution in [0.2, 0.25) is 0 Å². The van der Waals surface area contributed by atoms with Crippen LogP contribution in [0.5, 0.6) is 0 Å². The average Bonchev–Trinajstić information content (AvgIpc) is 3.00. The van der Waals surface area contributed by atoms with Crippen LogP contribution in [0.3, 0.4) is 0 Å². The molecule has 3 rings (SSSR count). The van der Waals surface area contributed by atoms with Gasteiger partial charge in [-0.3, -0.25) is 19.5 Å². The van der Waals surface area contributed by atoms with Crippen molar-refractivity contribution in [3.8, 4) is 0 Å². The van der Waals surface area contributed by atoms with E-state index >= 15 is 0 Å². The van der Waals surface area contributed by atoms with Crippen molar-refractivity contribution >= 4 is 17.4 Å². The molecule has 0 aliphatic carbocycles. The number of hydrogen-bond donors (Lipinski definition) is 0. The van der Waals surface area contributed by atoms with Gasteiger partial charge in [0.25, 0.3) is 11.8 Å². The molecule has 1 aliphatic rings. The van der Waals surface area contributed by atoms with Crippen LogP contribution >= 0.6 is 0 Å². The van der Waals surface area contributed by atoms with Gasteiger partial charge in [-0.2, -0.15) is 0 Å². The molecule has 1 aromatic heterocycles. The van der Waals surface area contributed by atoms with E-state index in [2.05, 4.69) is 11.1 Å². The number of benzene rings is 1. The van der Waals surface area contributed by atoms with Crippen LogP contribution in [-0.4, -0.2) is 58.9 Å². The summed E-state index contributed by atoms with van der Waals surface area (Å²) >= 11 is 0. The fourth-order valence-corrected chi connectivity index (χ4v) is 4.02. The van der Waals surface area contributed by atoms with E-state index in [0.717, 1.165) is 28.7 Å². The van der Waals surface area contributed by atoms with Gasteiger partial charge < -0.3 is 9.64 Å². The minimum Gasteiger partial charge on any atom is -0.377 e. The molecule has 0 bridgehead atoms. The molecular weight excluding hydrogens is 402 g/mol. The fraction of sp³-hybridized carbons (Fsp3) is 0.423. The lowest BCUT2D eigenvalue weighted by Crippen LogP contribution is -2.38. The van der Waals surface area contributed by atoms with Crippen LogP contribution in [0.1, 0.15) is 43.0 Å². The third kappa shape index (κ3) is 5.25. The van der Waals surface area contributed by atoms with Crippen molar-refractivity contribution in [3.05, 3.63) is 70.7 Å². The summed E-state index contributed by atoms with van der Waals surface area (Å²) in [7, 11) is 0. The van der Waals surface area contributed by atoms with Gasteiger partial charge >= 0.3 is 0 Å². The van der Waals surface area contributed by atoms with Crippen LogP contribution in [0.4, 0.5) is 0 Å². The highest BCUT2D eigenvalue weighted by Crippen LogP contribution is 2.33. The van der Waals surface area contributed by atoms with Gasteiger partial charge in [-0.1, -0.05) is 23.8 Å². The number of carbonyl (C=O) groups excluding carboxylic acids is 2. The maximum Gasteiger partial charge on any atom is 0.277 e. The molecule has 0 atom stereocenters. The van der Waals surface area contributed by atoms with Gasteiger partial charge in [0.2, 0.25) is 0 Å². The Balaban J connectivity index is 1.97. The summed E-state index contributed by atoms with van der Waals surface area (Å²) in [5.41, 5.74) is 5.06. The summed E-state index contributed by atoms with van der Waals surface area (Å²) in [6.45, 7) is 11.7. The topological polar surface area (TPSA) is 62.7 Å². The Morgan fingerprint density at radius 3 is 2.41 bits per heavy atom. The highest BCUT2D eigenvalue weighted by molar-refractivity contribution is 6.35. The van der Waals surface area contributed by atoms with Gasteiger partial charge in [0.05, 0.1) is 24.8 Å². The first-order valence-corrected chi connectivity index (χ1v) is 11.3. The van der Waals surface area contributed by atoms with Crippen LogP contribution in [0.25, 0.3) is 5.57 Å². The standard InChI is InChI=1S/C26H33N3O3/c1-6-28(14-11-21-9-12-27-13-10-21)24-23(22-8-7-19(4)17-20(22)5)25(30)29(26(24)31)15-16-32-18(2)3/h7-10,12-13,17-18H,6,11,14-16H2,1-5H3. The second kappa shape index (κ2) is 10.6. The summed E-state index contributed by atoms with van der Waals surface area (Å²) in [5, 5.41) is 0. The number of nitrogens with zero attached hydrogens (tertiary/aromatic N) is 3. The summed E-state index contributed by atoms with van der Waals surface area (Å²) in [5.74, 6) is -0.486. The third-order valence-electron chi connectivity index (χ3n) is 5.68. The van der Waals surface area contributed by atoms with Gasteiger partial charge in [0.15, 0.2) is 0 Å². The zero-order valence-corrected chi connectivity index (χ0v) is 19.7. The summed E-state index contributed by atoms with van der Waals surface area (Å²) in [6, 6.07) is 9.95. The molecule has 0 spiro atoms. The Morgan fingerprint density at radius 1 is 1.06 bits per heavy atom. The maximum atomic E-state index is 13.5. The van der Waals surface area contributed by atoms with Crippen molar-refractivity contribution in [2.75, 3.05) is 26.2 Å². The maximum absolute atomic E-state index is 13.5. The van der Waals surface area contributed by atoms with Gasteiger partial charge in [0, 0.05) is 25.5 Å². The molecular formula is C26H33N3O3. The van der Waals surface area contributed by atoms with Gasteiger partial charge in [0.1, 0.15) is 5.70 Å². The highest BCUT2D eigenvalue weighted by atomic mass is 16.5. The summed E-state index contributed by atoms with van der Waals surface area (Å²) < 4.78 is 5.62. The number of rotatable bonds is 10. The number of imide groups is 1. The molecule has 2 amide bonds. The Hall–Kier alpha value is -2.99. The number of likely N-dealkylation sites (N-methyl/N-ethyl adjacent to an activating group) is 1. The van der Waals surface area contributed by atoms with Crippen molar-refractivity contribution in [1.29, 1.82) is 0 Å². The van der Waals surface area contributed by atoms with E-state index < -0.39 is 0 Å². The highest BCUT2D eigenvalue weighted by Gasteiger charge is 2.41. The zero-order valence-electron chi connectivity index (χ0n) is 19.7. The van der Waals surface area contributed by atoms with E-state index in [1.54, 1.807) is 12.4 Å². The molecule has 2 heterocycles. The first-order chi connectivity index (χ1) is 15.3. The molecule has 1 aromatic carbocycles. The molecule has 0 N–H and O–H groups in total. The number of hydrogen-bond acceptors (Lipinski definition) is 5. The second-order valence-electron chi connectivity index (χ2n) is 8.41. The second-order valence-corrected chi connectivity index (χ2v) is 8.41. The van der Waals surface area contributed by atoms with Crippen LogP contribution in [0, 0.1) is 13.8 Å². The lowest BCUT2D eigenvalue weighted by molar-refractivity contribution is -0.138. The Labute approximate surface area is 190 Å². The van der Waals surface area contributed by atoms with E-state index in [1.165, 1.54) is 4.90 Å². The quantitative estimate of drug-likeness (QED) is 0.532. The summed E-state index contributed by atoms with van der Waals surface area (Å²) in [6.07, 6.45) is 4.35. The normalized spacial score (nSPS) is 14.1. The number of amides is 2. The van der Waals surface area contributed by atoms with E-state index in [1.807, 2.05) is 63.8 Å².